The quantitative estimate of drug-likeness (QED) is 0.448. The highest BCUT2D eigenvalue weighted by molar-refractivity contribution is 5.90. The smallest absolute Gasteiger partial charge is 0.337 e. The first-order valence-electron chi connectivity index (χ1n) is 4.33. The van der Waals surface area contributed by atoms with Crippen LogP contribution in [-0.4, -0.2) is 50.1 Å². The predicted octanol–water partition coefficient (Wildman–Crippen LogP) is -0.498. The largest absolute Gasteiger partial charge is 0.481 e. The van der Waals surface area contributed by atoms with Gasteiger partial charge >= 0.3 is 17.9 Å². The molecule has 0 aliphatic rings. The third-order valence-corrected chi connectivity index (χ3v) is 2.12. The van der Waals surface area contributed by atoms with Crippen molar-refractivity contribution in [3.05, 3.63) is 12.7 Å². The van der Waals surface area contributed by atoms with Crippen LogP contribution < -0.4 is 0 Å². The van der Waals surface area contributed by atoms with E-state index in [2.05, 4.69) is 6.58 Å². The van der Waals surface area contributed by atoms with E-state index in [4.69, 9.17) is 15.3 Å². The van der Waals surface area contributed by atoms with Crippen molar-refractivity contribution < 1.29 is 39.2 Å². The number of aliphatic carboxylic acids is 3. The Balaban J connectivity index is 5.52. The molecule has 3 unspecified atom stereocenters. The molecule has 0 amide bonds. The SMILES string of the molecule is C=CC(F)C(C(=O)O)C(O)(CC(=O)O)C(=O)O. The second-order valence-electron chi connectivity index (χ2n) is 3.30. The fourth-order valence-electron chi connectivity index (χ4n) is 1.29. The number of carboxylic acid groups (broad SMARTS) is 3. The lowest BCUT2D eigenvalue weighted by molar-refractivity contribution is -0.182. The summed E-state index contributed by atoms with van der Waals surface area (Å²) < 4.78 is 13.2. The third kappa shape index (κ3) is 3.25. The highest BCUT2D eigenvalue weighted by atomic mass is 19.1. The number of carbonyl (C=O) groups is 3. The molecule has 0 saturated heterocycles. The van der Waals surface area contributed by atoms with Crippen LogP contribution in [0.4, 0.5) is 4.39 Å². The van der Waals surface area contributed by atoms with Gasteiger partial charge < -0.3 is 20.4 Å². The summed E-state index contributed by atoms with van der Waals surface area (Å²) in [6.07, 6.45) is -3.35. The Hall–Kier alpha value is -1.96. The molecule has 0 radical (unpaired) electrons. The molecule has 8 heteroatoms. The van der Waals surface area contributed by atoms with E-state index in [-0.39, 0.29) is 0 Å². The Morgan fingerprint density at radius 1 is 1.29 bits per heavy atom. The van der Waals surface area contributed by atoms with E-state index in [1.807, 2.05) is 0 Å². The molecule has 0 aliphatic carbocycles. The first-order valence-corrected chi connectivity index (χ1v) is 4.33. The van der Waals surface area contributed by atoms with Gasteiger partial charge in [-0.3, -0.25) is 9.59 Å². The van der Waals surface area contributed by atoms with E-state index in [1.54, 1.807) is 0 Å². The summed E-state index contributed by atoms with van der Waals surface area (Å²) in [5.74, 6) is -8.31. The van der Waals surface area contributed by atoms with Crippen molar-refractivity contribution in [2.45, 2.75) is 18.2 Å². The molecule has 3 atom stereocenters. The third-order valence-electron chi connectivity index (χ3n) is 2.12. The van der Waals surface area contributed by atoms with E-state index in [9.17, 15) is 23.9 Å². The predicted molar refractivity (Wildman–Crippen MR) is 51.1 cm³/mol. The van der Waals surface area contributed by atoms with Crippen molar-refractivity contribution in [2.75, 3.05) is 0 Å². The first kappa shape index (κ1) is 15.0. The Bertz CT molecular complexity index is 353. The Morgan fingerprint density at radius 2 is 1.76 bits per heavy atom. The van der Waals surface area contributed by atoms with Gasteiger partial charge in [-0.05, 0) is 0 Å². The minimum Gasteiger partial charge on any atom is -0.481 e. The zero-order chi connectivity index (χ0) is 13.8. The maximum absolute atomic E-state index is 13.2. The van der Waals surface area contributed by atoms with Crippen molar-refractivity contribution in [1.82, 2.24) is 0 Å². The summed E-state index contributed by atoms with van der Waals surface area (Å²) in [4.78, 5) is 31.9. The number of aliphatic hydroxyl groups is 1. The van der Waals surface area contributed by atoms with Gasteiger partial charge in [0.25, 0.3) is 0 Å². The van der Waals surface area contributed by atoms with Crippen molar-refractivity contribution in [3.8, 4) is 0 Å². The highest BCUT2D eigenvalue weighted by Crippen LogP contribution is 2.28. The summed E-state index contributed by atoms with van der Waals surface area (Å²) in [5.41, 5.74) is -3.24. The van der Waals surface area contributed by atoms with Crippen molar-refractivity contribution in [1.29, 1.82) is 0 Å². The summed E-state index contributed by atoms with van der Waals surface area (Å²) in [7, 11) is 0. The average molecular weight is 250 g/mol. The van der Waals surface area contributed by atoms with Crippen molar-refractivity contribution >= 4 is 17.9 Å². The van der Waals surface area contributed by atoms with Crippen molar-refractivity contribution in [2.24, 2.45) is 5.92 Å². The Labute approximate surface area is 94.8 Å². The molecule has 0 heterocycles. The van der Waals surface area contributed by atoms with Crippen LogP contribution in [0.5, 0.6) is 0 Å². The minimum atomic E-state index is -3.24. The molecule has 96 valence electrons. The van der Waals surface area contributed by atoms with Gasteiger partial charge in [0, 0.05) is 0 Å². The van der Waals surface area contributed by atoms with Gasteiger partial charge in [-0.2, -0.15) is 0 Å². The van der Waals surface area contributed by atoms with Gasteiger partial charge in [-0.25, -0.2) is 9.18 Å². The second kappa shape index (κ2) is 5.39. The van der Waals surface area contributed by atoms with Gasteiger partial charge in [0.15, 0.2) is 5.60 Å². The monoisotopic (exact) mass is 250 g/mol. The molecule has 0 fully saturated rings. The topological polar surface area (TPSA) is 132 Å². The molecule has 0 rings (SSSR count). The molecule has 0 aliphatic heterocycles. The van der Waals surface area contributed by atoms with Crippen molar-refractivity contribution in [3.63, 3.8) is 0 Å². The Morgan fingerprint density at radius 3 is 2.00 bits per heavy atom. The standard InChI is InChI=1S/C9H11FO7/c1-2-4(10)6(7(13)14)9(17,8(15)16)3-5(11)12/h2,4,6,17H,1,3H2,(H,11,12)(H,13,14)(H,15,16). The van der Waals surface area contributed by atoms with Gasteiger partial charge in [0.1, 0.15) is 12.1 Å². The van der Waals surface area contributed by atoms with Gasteiger partial charge in [-0.15, -0.1) is 6.58 Å². The molecule has 0 aromatic heterocycles. The van der Waals surface area contributed by atoms with Gasteiger partial charge in [0.05, 0.1) is 6.42 Å². The first-order chi connectivity index (χ1) is 7.66. The summed E-state index contributed by atoms with van der Waals surface area (Å²) in [5, 5.41) is 35.3. The molecule has 4 N–H and O–H groups in total. The molecule has 0 spiro atoms. The molecule has 7 nitrogen and oxygen atoms in total. The second-order valence-corrected chi connectivity index (χ2v) is 3.30. The molecule has 0 bridgehead atoms. The van der Waals surface area contributed by atoms with E-state index in [0.717, 1.165) is 0 Å². The molecule has 0 saturated carbocycles. The Kier molecular flexibility index (Phi) is 4.77. The molecular weight excluding hydrogens is 239 g/mol. The van der Waals surface area contributed by atoms with E-state index in [1.165, 1.54) is 0 Å². The maximum Gasteiger partial charge on any atom is 0.337 e. The zero-order valence-electron chi connectivity index (χ0n) is 8.54. The number of hydrogen-bond acceptors (Lipinski definition) is 4. The van der Waals surface area contributed by atoms with Crippen LogP contribution in [0.3, 0.4) is 0 Å². The summed E-state index contributed by atoms with van der Waals surface area (Å²) in [6.45, 7) is 2.93. The highest BCUT2D eigenvalue weighted by Gasteiger charge is 2.53. The van der Waals surface area contributed by atoms with Gasteiger partial charge in [0.2, 0.25) is 0 Å². The number of hydrogen-bond donors (Lipinski definition) is 4. The molecule has 0 aromatic rings. The normalized spacial score (nSPS) is 17.5. The summed E-state index contributed by atoms with van der Waals surface area (Å²) >= 11 is 0. The van der Waals surface area contributed by atoms with Crippen LogP contribution in [0.25, 0.3) is 0 Å². The number of allylic oxidation sites excluding steroid dienone is 1. The van der Waals surface area contributed by atoms with Crippen LogP contribution in [0.15, 0.2) is 12.7 Å². The fourth-order valence-corrected chi connectivity index (χ4v) is 1.29. The van der Waals surface area contributed by atoms with Crippen LogP contribution in [0.2, 0.25) is 0 Å². The zero-order valence-corrected chi connectivity index (χ0v) is 8.54. The molecule has 17 heavy (non-hydrogen) atoms. The van der Waals surface area contributed by atoms with Gasteiger partial charge in [-0.1, -0.05) is 6.08 Å². The lowest BCUT2D eigenvalue weighted by Gasteiger charge is -2.29. The number of halogens is 1. The van der Waals surface area contributed by atoms with E-state index in [0.29, 0.717) is 6.08 Å². The number of alkyl halides is 1. The van der Waals surface area contributed by atoms with Crippen LogP contribution >= 0.6 is 0 Å². The summed E-state index contributed by atoms with van der Waals surface area (Å²) in [6, 6.07) is 0. The minimum absolute atomic E-state index is 0.481. The maximum atomic E-state index is 13.2. The van der Waals surface area contributed by atoms with Crippen LogP contribution in [0.1, 0.15) is 6.42 Å². The van der Waals surface area contributed by atoms with E-state index >= 15 is 0 Å². The lowest BCUT2D eigenvalue weighted by atomic mass is 9.81. The van der Waals surface area contributed by atoms with Crippen LogP contribution in [-0.2, 0) is 14.4 Å². The average Bonchev–Trinajstić information content (AvgIpc) is 2.15. The number of rotatable bonds is 7. The van der Waals surface area contributed by atoms with Crippen LogP contribution in [0, 0.1) is 5.92 Å². The van der Waals surface area contributed by atoms with E-state index < -0.39 is 42.0 Å². The number of carboxylic acids is 3. The molecular formula is C9H11FO7. The lowest BCUT2D eigenvalue weighted by Crippen LogP contribution is -2.54. The molecule has 0 aromatic carbocycles. The fraction of sp³-hybridized carbons (Fsp3) is 0.444.